The number of nitriles is 1. The maximum absolute atomic E-state index is 8.88. The van der Waals surface area contributed by atoms with Crippen LogP contribution in [0.5, 0.6) is 0 Å². The minimum Gasteiger partial charge on any atom is -0.370 e. The zero-order chi connectivity index (χ0) is 12.3. The smallest absolute Gasteiger partial charge is 0.0978 e. The van der Waals surface area contributed by atoms with Gasteiger partial charge in [-0.1, -0.05) is 30.3 Å². The highest BCUT2D eigenvalue weighted by Crippen LogP contribution is 2.30. The van der Waals surface area contributed by atoms with Crippen LogP contribution in [-0.2, 0) is 4.74 Å². The van der Waals surface area contributed by atoms with E-state index in [9.17, 15) is 0 Å². The van der Waals surface area contributed by atoms with E-state index in [0.717, 1.165) is 0 Å². The predicted molar refractivity (Wildman–Crippen MR) is 66.4 cm³/mol. The van der Waals surface area contributed by atoms with Crippen molar-refractivity contribution in [3.8, 4) is 6.07 Å². The lowest BCUT2D eigenvalue weighted by Crippen LogP contribution is -2.50. The summed E-state index contributed by atoms with van der Waals surface area (Å²) in [6.45, 7) is 5.39. The first kappa shape index (κ1) is 12.1. The summed E-state index contributed by atoms with van der Waals surface area (Å²) in [4.78, 5) is 2.21. The molecule has 3 nitrogen and oxygen atoms in total. The van der Waals surface area contributed by atoms with Crippen molar-refractivity contribution in [1.29, 1.82) is 5.26 Å². The topological polar surface area (TPSA) is 36.3 Å². The van der Waals surface area contributed by atoms with Crippen LogP contribution in [0.2, 0.25) is 0 Å². The summed E-state index contributed by atoms with van der Waals surface area (Å²) in [6, 6.07) is 13.0. The second-order valence-electron chi connectivity index (χ2n) is 4.58. The third-order valence-corrected chi connectivity index (χ3v) is 3.43. The third kappa shape index (κ3) is 2.49. The van der Waals surface area contributed by atoms with Crippen LogP contribution in [0.3, 0.4) is 0 Å². The van der Waals surface area contributed by atoms with Crippen LogP contribution in [0.4, 0.5) is 0 Å². The first-order valence-corrected chi connectivity index (χ1v) is 6.03. The number of rotatable bonds is 2. The molecule has 1 saturated heterocycles. The largest absolute Gasteiger partial charge is 0.370 e. The summed E-state index contributed by atoms with van der Waals surface area (Å²) in [7, 11) is 0. The lowest BCUT2D eigenvalue weighted by molar-refractivity contribution is -0.0907. The summed E-state index contributed by atoms with van der Waals surface area (Å²) in [5, 5.41) is 8.88. The number of ether oxygens (including phenoxy) is 1. The maximum Gasteiger partial charge on any atom is 0.0978 e. The highest BCUT2D eigenvalue weighted by Gasteiger charge is 2.33. The molecule has 0 saturated carbocycles. The average molecular weight is 230 g/mol. The molecule has 90 valence electrons. The lowest BCUT2D eigenvalue weighted by Gasteiger charge is -2.42. The van der Waals surface area contributed by atoms with Gasteiger partial charge in [0.05, 0.1) is 25.3 Å². The van der Waals surface area contributed by atoms with Crippen molar-refractivity contribution < 1.29 is 4.74 Å². The molecule has 0 bridgehead atoms. The van der Waals surface area contributed by atoms with E-state index in [-0.39, 0.29) is 12.1 Å². The van der Waals surface area contributed by atoms with Crippen molar-refractivity contribution in [3.05, 3.63) is 35.9 Å². The summed E-state index contributed by atoms with van der Waals surface area (Å²) >= 11 is 0. The van der Waals surface area contributed by atoms with Crippen LogP contribution in [0, 0.1) is 11.3 Å². The van der Waals surface area contributed by atoms with E-state index in [2.05, 4.69) is 36.9 Å². The minimum atomic E-state index is 0.0701. The van der Waals surface area contributed by atoms with E-state index in [4.69, 9.17) is 10.00 Å². The molecule has 1 fully saturated rings. The van der Waals surface area contributed by atoms with Crippen LogP contribution >= 0.6 is 0 Å². The number of hydrogen-bond donors (Lipinski definition) is 0. The van der Waals surface area contributed by atoms with Gasteiger partial charge in [-0.25, -0.2) is 0 Å². The molecule has 0 unspecified atom stereocenters. The average Bonchev–Trinajstić information content (AvgIpc) is 2.36. The van der Waals surface area contributed by atoms with E-state index in [1.165, 1.54) is 5.56 Å². The lowest BCUT2D eigenvalue weighted by atomic mass is 9.99. The Bertz CT molecular complexity index is 398. The molecule has 0 aliphatic carbocycles. The van der Waals surface area contributed by atoms with Gasteiger partial charge in [0.15, 0.2) is 0 Å². The van der Waals surface area contributed by atoms with Crippen LogP contribution in [0.25, 0.3) is 0 Å². The van der Waals surface area contributed by atoms with E-state index in [1.807, 2.05) is 18.2 Å². The maximum atomic E-state index is 8.88. The molecule has 3 heteroatoms. The molecular weight excluding hydrogens is 212 g/mol. The summed E-state index contributed by atoms with van der Waals surface area (Å²) < 4.78 is 5.91. The molecule has 0 radical (unpaired) electrons. The molecule has 17 heavy (non-hydrogen) atoms. The molecule has 0 aromatic heterocycles. The Morgan fingerprint density at radius 1 is 1.35 bits per heavy atom. The molecule has 1 aliphatic heterocycles. The Labute approximate surface area is 103 Å². The van der Waals surface area contributed by atoms with Gasteiger partial charge in [0, 0.05) is 12.1 Å². The van der Waals surface area contributed by atoms with Crippen molar-refractivity contribution in [3.63, 3.8) is 0 Å². The second kappa shape index (κ2) is 5.31. The minimum absolute atomic E-state index is 0.0701. The number of benzene rings is 1. The summed E-state index contributed by atoms with van der Waals surface area (Å²) in [5.74, 6) is 0. The van der Waals surface area contributed by atoms with Gasteiger partial charge in [-0.3, -0.25) is 4.90 Å². The Kier molecular flexibility index (Phi) is 3.78. The van der Waals surface area contributed by atoms with Crippen molar-refractivity contribution in [2.24, 2.45) is 0 Å². The van der Waals surface area contributed by atoms with Gasteiger partial charge in [-0.15, -0.1) is 0 Å². The molecule has 1 aromatic rings. The molecule has 3 atom stereocenters. The standard InChI is InChI=1S/C14H18N2O/c1-11-10-17-14(12(2)16(11)9-8-15)13-6-4-3-5-7-13/h3-7,11-12,14H,9-10H2,1-2H3/t11-,12-,14+/m1/s1. The highest BCUT2D eigenvalue weighted by molar-refractivity contribution is 5.20. The van der Waals surface area contributed by atoms with Crippen molar-refractivity contribution in [2.75, 3.05) is 13.2 Å². The molecular formula is C14H18N2O. The number of morpholine rings is 1. The fourth-order valence-electron chi connectivity index (χ4n) is 2.45. The zero-order valence-electron chi connectivity index (χ0n) is 10.3. The van der Waals surface area contributed by atoms with Gasteiger partial charge in [0.25, 0.3) is 0 Å². The van der Waals surface area contributed by atoms with Gasteiger partial charge in [0.1, 0.15) is 0 Å². The molecule has 1 aromatic carbocycles. The van der Waals surface area contributed by atoms with Gasteiger partial charge >= 0.3 is 0 Å². The molecule has 0 spiro atoms. The van der Waals surface area contributed by atoms with Gasteiger partial charge in [-0.05, 0) is 19.4 Å². The van der Waals surface area contributed by atoms with Crippen molar-refractivity contribution >= 4 is 0 Å². The highest BCUT2D eigenvalue weighted by atomic mass is 16.5. The quantitative estimate of drug-likeness (QED) is 0.732. The molecule has 2 rings (SSSR count). The van der Waals surface area contributed by atoms with E-state index in [1.54, 1.807) is 0 Å². The Morgan fingerprint density at radius 2 is 2.06 bits per heavy atom. The van der Waals surface area contributed by atoms with Gasteiger partial charge in [0.2, 0.25) is 0 Å². The summed E-state index contributed by atoms with van der Waals surface area (Å²) in [5.41, 5.74) is 1.19. The van der Waals surface area contributed by atoms with Crippen molar-refractivity contribution in [2.45, 2.75) is 32.0 Å². The van der Waals surface area contributed by atoms with E-state index in [0.29, 0.717) is 19.2 Å². The zero-order valence-corrected chi connectivity index (χ0v) is 10.3. The first-order valence-electron chi connectivity index (χ1n) is 6.03. The third-order valence-electron chi connectivity index (χ3n) is 3.43. The number of hydrogen-bond acceptors (Lipinski definition) is 3. The van der Waals surface area contributed by atoms with Gasteiger partial charge in [-0.2, -0.15) is 5.26 Å². The Balaban J connectivity index is 2.18. The van der Waals surface area contributed by atoms with E-state index >= 15 is 0 Å². The van der Waals surface area contributed by atoms with Gasteiger partial charge < -0.3 is 4.74 Å². The van der Waals surface area contributed by atoms with Crippen molar-refractivity contribution in [1.82, 2.24) is 4.90 Å². The fourth-order valence-corrected chi connectivity index (χ4v) is 2.45. The monoisotopic (exact) mass is 230 g/mol. The SMILES string of the molecule is C[C@@H]1CO[C@H](c2ccccc2)[C@@H](C)N1CC#N. The number of nitrogens with zero attached hydrogens (tertiary/aromatic N) is 2. The van der Waals surface area contributed by atoms with Crippen LogP contribution in [-0.4, -0.2) is 30.1 Å². The summed E-state index contributed by atoms with van der Waals surface area (Å²) in [6.07, 6.45) is 0.0701. The molecule has 1 aliphatic rings. The van der Waals surface area contributed by atoms with Crippen LogP contribution < -0.4 is 0 Å². The predicted octanol–water partition coefficient (Wildman–Crippen LogP) is 2.36. The molecule has 0 N–H and O–H groups in total. The second-order valence-corrected chi connectivity index (χ2v) is 4.58. The Morgan fingerprint density at radius 3 is 2.71 bits per heavy atom. The van der Waals surface area contributed by atoms with Crippen LogP contribution in [0.1, 0.15) is 25.5 Å². The normalized spacial score (nSPS) is 29.8. The molecule has 1 heterocycles. The first-order chi connectivity index (χ1) is 8.24. The Hall–Kier alpha value is -1.37. The fraction of sp³-hybridized carbons (Fsp3) is 0.500. The van der Waals surface area contributed by atoms with E-state index < -0.39 is 0 Å². The van der Waals surface area contributed by atoms with Crippen LogP contribution in [0.15, 0.2) is 30.3 Å². The molecule has 0 amide bonds.